The Hall–Kier alpha value is -1.26. The fraction of sp³-hybridized carbons (Fsp3) is 0.625. The topological polar surface area (TPSA) is 33.7 Å². The van der Waals surface area contributed by atoms with Gasteiger partial charge in [-0.1, -0.05) is 6.07 Å². The largest absolute Gasteiger partial charge is 0.493 e. The lowest BCUT2D eigenvalue weighted by atomic mass is 10.2. The van der Waals surface area contributed by atoms with E-state index in [9.17, 15) is 0 Å². The van der Waals surface area contributed by atoms with Gasteiger partial charge in [-0.25, -0.2) is 0 Å². The van der Waals surface area contributed by atoms with Gasteiger partial charge >= 0.3 is 0 Å². The maximum atomic E-state index is 5.60. The van der Waals surface area contributed by atoms with Gasteiger partial charge in [-0.2, -0.15) is 0 Å². The van der Waals surface area contributed by atoms with E-state index in [-0.39, 0.29) is 0 Å². The molecular weight excluding hydrogens is 252 g/mol. The van der Waals surface area contributed by atoms with Crippen molar-refractivity contribution >= 4 is 0 Å². The number of likely N-dealkylation sites (tertiary alicyclic amines) is 1. The number of rotatable bonds is 8. The Morgan fingerprint density at radius 1 is 1.20 bits per heavy atom. The van der Waals surface area contributed by atoms with E-state index in [1.54, 1.807) is 7.11 Å². The molecule has 0 aliphatic carbocycles. The van der Waals surface area contributed by atoms with Crippen molar-refractivity contribution < 1.29 is 9.47 Å². The van der Waals surface area contributed by atoms with Crippen LogP contribution in [0.25, 0.3) is 0 Å². The lowest BCUT2D eigenvalue weighted by molar-refractivity contribution is 0.310. The molecule has 1 N–H and O–H groups in total. The Morgan fingerprint density at radius 3 is 2.70 bits per heavy atom. The molecule has 0 unspecified atom stereocenters. The second-order valence-corrected chi connectivity index (χ2v) is 5.14. The van der Waals surface area contributed by atoms with Gasteiger partial charge in [0.05, 0.1) is 13.7 Å². The molecular formula is C16H26N2O2. The van der Waals surface area contributed by atoms with Gasteiger partial charge in [0, 0.05) is 19.6 Å². The van der Waals surface area contributed by atoms with E-state index in [2.05, 4.69) is 22.3 Å². The number of benzene rings is 1. The van der Waals surface area contributed by atoms with E-state index in [1.807, 2.05) is 13.0 Å². The van der Waals surface area contributed by atoms with Gasteiger partial charge in [0.2, 0.25) is 0 Å². The van der Waals surface area contributed by atoms with E-state index in [1.165, 1.54) is 31.5 Å². The minimum absolute atomic E-state index is 0.655. The first-order chi connectivity index (χ1) is 9.83. The molecule has 0 spiro atoms. The summed E-state index contributed by atoms with van der Waals surface area (Å²) >= 11 is 0. The average Bonchev–Trinajstić information content (AvgIpc) is 2.97. The van der Waals surface area contributed by atoms with Crippen molar-refractivity contribution in [3.05, 3.63) is 23.8 Å². The van der Waals surface area contributed by atoms with Crippen molar-refractivity contribution in [2.45, 2.75) is 26.3 Å². The van der Waals surface area contributed by atoms with Crippen molar-refractivity contribution in [3.8, 4) is 11.5 Å². The molecule has 4 nitrogen and oxygen atoms in total. The zero-order chi connectivity index (χ0) is 14.2. The van der Waals surface area contributed by atoms with Gasteiger partial charge in [0.25, 0.3) is 0 Å². The molecule has 0 aromatic heterocycles. The maximum absolute atomic E-state index is 5.60. The zero-order valence-corrected chi connectivity index (χ0v) is 12.7. The highest BCUT2D eigenvalue weighted by Crippen LogP contribution is 2.27. The highest BCUT2D eigenvalue weighted by atomic mass is 16.5. The molecule has 0 atom stereocenters. The van der Waals surface area contributed by atoms with E-state index >= 15 is 0 Å². The normalized spacial score (nSPS) is 15.5. The predicted molar refractivity (Wildman–Crippen MR) is 81.5 cm³/mol. The fourth-order valence-corrected chi connectivity index (χ4v) is 2.58. The summed E-state index contributed by atoms with van der Waals surface area (Å²) in [5.74, 6) is 1.63. The van der Waals surface area contributed by atoms with Crippen molar-refractivity contribution in [1.29, 1.82) is 0 Å². The Balaban J connectivity index is 1.78. The van der Waals surface area contributed by atoms with Crippen molar-refractivity contribution in [3.63, 3.8) is 0 Å². The summed E-state index contributed by atoms with van der Waals surface area (Å²) in [5.41, 5.74) is 1.23. The van der Waals surface area contributed by atoms with Crippen LogP contribution in [0.1, 0.15) is 25.3 Å². The summed E-state index contributed by atoms with van der Waals surface area (Å²) in [6, 6.07) is 6.12. The van der Waals surface area contributed by atoms with E-state index in [0.29, 0.717) is 6.61 Å². The van der Waals surface area contributed by atoms with Crippen LogP contribution >= 0.6 is 0 Å². The maximum Gasteiger partial charge on any atom is 0.161 e. The Labute approximate surface area is 122 Å². The zero-order valence-electron chi connectivity index (χ0n) is 12.7. The molecule has 1 fully saturated rings. The van der Waals surface area contributed by atoms with E-state index in [4.69, 9.17) is 9.47 Å². The molecule has 0 saturated carbocycles. The number of hydrogen-bond donors (Lipinski definition) is 1. The van der Waals surface area contributed by atoms with Crippen LogP contribution in [0.15, 0.2) is 18.2 Å². The summed E-state index contributed by atoms with van der Waals surface area (Å²) in [7, 11) is 1.67. The SMILES string of the molecule is CCOc1cc(CNCCN2CCCC2)ccc1OC. The highest BCUT2D eigenvalue weighted by molar-refractivity contribution is 5.42. The number of methoxy groups -OCH3 is 1. The standard InChI is InChI=1S/C16H26N2O2/c1-3-20-16-12-14(6-7-15(16)19-2)13-17-8-11-18-9-4-5-10-18/h6-7,12,17H,3-5,8-11,13H2,1-2H3. The molecule has 0 amide bonds. The smallest absolute Gasteiger partial charge is 0.161 e. The van der Waals surface area contributed by atoms with Gasteiger partial charge in [0.15, 0.2) is 11.5 Å². The summed E-state index contributed by atoms with van der Waals surface area (Å²) in [6.45, 7) is 8.22. The summed E-state index contributed by atoms with van der Waals surface area (Å²) in [6.07, 6.45) is 2.71. The Kier molecular flexibility index (Phi) is 6.15. The fourth-order valence-electron chi connectivity index (χ4n) is 2.58. The summed E-state index contributed by atoms with van der Waals surface area (Å²) < 4.78 is 10.9. The molecule has 112 valence electrons. The van der Waals surface area contributed by atoms with Crippen LogP contribution < -0.4 is 14.8 Å². The van der Waals surface area contributed by atoms with Crippen LogP contribution in [-0.2, 0) is 6.54 Å². The van der Waals surface area contributed by atoms with Gasteiger partial charge in [-0.05, 0) is 50.6 Å². The van der Waals surface area contributed by atoms with Crippen LogP contribution in [0, 0.1) is 0 Å². The molecule has 0 bridgehead atoms. The molecule has 0 radical (unpaired) electrons. The van der Waals surface area contributed by atoms with Gasteiger partial charge in [0.1, 0.15) is 0 Å². The van der Waals surface area contributed by atoms with Crippen LogP contribution in [0.5, 0.6) is 11.5 Å². The first kappa shape index (κ1) is 15.1. The molecule has 20 heavy (non-hydrogen) atoms. The predicted octanol–water partition coefficient (Wildman–Crippen LogP) is 2.28. The lowest BCUT2D eigenvalue weighted by Gasteiger charge is -2.15. The Morgan fingerprint density at radius 2 is 2.00 bits per heavy atom. The summed E-state index contributed by atoms with van der Waals surface area (Å²) in [4.78, 5) is 2.52. The third-order valence-corrected chi connectivity index (χ3v) is 3.66. The van der Waals surface area contributed by atoms with Gasteiger partial charge in [-0.3, -0.25) is 0 Å². The van der Waals surface area contributed by atoms with Crippen LogP contribution in [0.2, 0.25) is 0 Å². The quantitative estimate of drug-likeness (QED) is 0.740. The molecule has 1 aliphatic rings. The highest BCUT2D eigenvalue weighted by Gasteiger charge is 2.10. The molecule has 2 rings (SSSR count). The lowest BCUT2D eigenvalue weighted by Crippen LogP contribution is -2.29. The van der Waals surface area contributed by atoms with Gasteiger partial charge < -0.3 is 19.7 Å². The minimum Gasteiger partial charge on any atom is -0.493 e. The number of hydrogen-bond acceptors (Lipinski definition) is 4. The monoisotopic (exact) mass is 278 g/mol. The molecule has 1 heterocycles. The number of nitrogens with zero attached hydrogens (tertiary/aromatic N) is 1. The van der Waals surface area contributed by atoms with Crippen LogP contribution in [0.3, 0.4) is 0 Å². The molecule has 1 saturated heterocycles. The van der Waals surface area contributed by atoms with Crippen molar-refractivity contribution in [2.24, 2.45) is 0 Å². The number of ether oxygens (including phenoxy) is 2. The second-order valence-electron chi connectivity index (χ2n) is 5.14. The third kappa shape index (κ3) is 4.39. The van der Waals surface area contributed by atoms with Crippen LogP contribution in [-0.4, -0.2) is 44.8 Å². The second kappa shape index (κ2) is 8.12. The van der Waals surface area contributed by atoms with Crippen molar-refractivity contribution in [2.75, 3.05) is 39.9 Å². The minimum atomic E-state index is 0.655. The van der Waals surface area contributed by atoms with Crippen LogP contribution in [0.4, 0.5) is 0 Å². The molecule has 4 heteroatoms. The molecule has 1 aliphatic heterocycles. The first-order valence-electron chi connectivity index (χ1n) is 7.56. The van der Waals surface area contributed by atoms with E-state index in [0.717, 1.165) is 31.1 Å². The van der Waals surface area contributed by atoms with Crippen molar-refractivity contribution in [1.82, 2.24) is 10.2 Å². The summed E-state index contributed by atoms with van der Waals surface area (Å²) in [5, 5.41) is 3.50. The number of nitrogens with one attached hydrogen (secondary N) is 1. The average molecular weight is 278 g/mol. The third-order valence-electron chi connectivity index (χ3n) is 3.66. The first-order valence-corrected chi connectivity index (χ1v) is 7.56. The van der Waals surface area contributed by atoms with E-state index < -0.39 is 0 Å². The molecule has 1 aromatic rings. The molecule has 1 aromatic carbocycles. The Bertz CT molecular complexity index is 403. The van der Waals surface area contributed by atoms with Gasteiger partial charge in [-0.15, -0.1) is 0 Å².